The molecule has 0 aliphatic heterocycles. The van der Waals surface area contributed by atoms with E-state index in [0.29, 0.717) is 5.56 Å². The van der Waals surface area contributed by atoms with Crippen molar-refractivity contribution in [3.8, 4) is 0 Å². The van der Waals surface area contributed by atoms with Crippen LogP contribution in [0.1, 0.15) is 40.9 Å². The Labute approximate surface area is 144 Å². The van der Waals surface area contributed by atoms with Gasteiger partial charge in [-0.25, -0.2) is 5.43 Å². The minimum atomic E-state index is -0.206. The van der Waals surface area contributed by atoms with Crippen molar-refractivity contribution in [2.45, 2.75) is 27.7 Å². The Bertz CT molecular complexity index is 716. The van der Waals surface area contributed by atoms with Crippen LogP contribution < -0.4 is 10.3 Å². The number of rotatable bonds is 6. The van der Waals surface area contributed by atoms with Gasteiger partial charge >= 0.3 is 0 Å². The van der Waals surface area contributed by atoms with E-state index in [1.165, 1.54) is 5.56 Å². The fraction of sp³-hybridized carbons (Fsp3) is 0.300. The van der Waals surface area contributed by atoms with Crippen molar-refractivity contribution in [3.05, 3.63) is 64.7 Å². The van der Waals surface area contributed by atoms with Crippen LogP contribution in [0.25, 0.3) is 0 Å². The lowest BCUT2D eigenvalue weighted by Gasteiger charge is -2.20. The summed E-state index contributed by atoms with van der Waals surface area (Å²) >= 11 is 0. The van der Waals surface area contributed by atoms with Gasteiger partial charge < -0.3 is 4.90 Å². The number of benzene rings is 2. The summed E-state index contributed by atoms with van der Waals surface area (Å²) in [6.07, 6.45) is 1.68. The standard InChI is InChI=1S/C20H25N3O/c1-5-23(6-2)19-11-9-17(10-12-19)20(24)22-21-14-18-8-7-15(3)13-16(18)4/h7-14H,5-6H2,1-4H3,(H,22,24)/b21-14-. The number of hydrazone groups is 1. The SMILES string of the molecule is CCN(CC)c1ccc(C(=O)N/N=C\c2ccc(C)cc2C)cc1. The number of anilines is 1. The largest absolute Gasteiger partial charge is 0.372 e. The highest BCUT2D eigenvalue weighted by Crippen LogP contribution is 2.15. The second kappa shape index (κ2) is 8.29. The molecule has 2 aromatic carbocycles. The van der Waals surface area contributed by atoms with Gasteiger partial charge in [-0.3, -0.25) is 4.79 Å². The second-order valence-electron chi connectivity index (χ2n) is 5.78. The van der Waals surface area contributed by atoms with Crippen molar-refractivity contribution in [1.29, 1.82) is 0 Å². The van der Waals surface area contributed by atoms with Crippen molar-refractivity contribution in [2.24, 2.45) is 5.10 Å². The third-order valence-corrected chi connectivity index (χ3v) is 4.05. The minimum Gasteiger partial charge on any atom is -0.372 e. The summed E-state index contributed by atoms with van der Waals surface area (Å²) in [5.74, 6) is -0.206. The minimum absolute atomic E-state index is 0.206. The molecule has 1 amide bonds. The maximum Gasteiger partial charge on any atom is 0.271 e. The van der Waals surface area contributed by atoms with Gasteiger partial charge in [0.1, 0.15) is 0 Å². The second-order valence-corrected chi connectivity index (χ2v) is 5.78. The topological polar surface area (TPSA) is 44.7 Å². The number of aryl methyl sites for hydroxylation is 2. The summed E-state index contributed by atoms with van der Waals surface area (Å²) in [6.45, 7) is 10.2. The van der Waals surface area contributed by atoms with E-state index in [-0.39, 0.29) is 5.91 Å². The Morgan fingerprint density at radius 1 is 1.08 bits per heavy atom. The van der Waals surface area contributed by atoms with Gasteiger partial charge in [-0.1, -0.05) is 23.8 Å². The van der Waals surface area contributed by atoms with E-state index in [2.05, 4.69) is 42.3 Å². The first kappa shape index (κ1) is 17.7. The van der Waals surface area contributed by atoms with Crippen LogP contribution in [0.5, 0.6) is 0 Å². The Morgan fingerprint density at radius 2 is 1.75 bits per heavy atom. The summed E-state index contributed by atoms with van der Waals surface area (Å²) in [4.78, 5) is 14.4. The van der Waals surface area contributed by atoms with Gasteiger partial charge in [0.25, 0.3) is 5.91 Å². The fourth-order valence-electron chi connectivity index (χ4n) is 2.61. The highest BCUT2D eigenvalue weighted by atomic mass is 16.2. The third kappa shape index (κ3) is 4.44. The molecule has 24 heavy (non-hydrogen) atoms. The number of carbonyl (C=O) groups is 1. The number of nitrogens with zero attached hydrogens (tertiary/aromatic N) is 2. The average Bonchev–Trinajstić information content (AvgIpc) is 2.58. The van der Waals surface area contributed by atoms with Crippen LogP contribution in [0.2, 0.25) is 0 Å². The van der Waals surface area contributed by atoms with E-state index >= 15 is 0 Å². The molecule has 0 saturated heterocycles. The number of hydrogen-bond acceptors (Lipinski definition) is 3. The van der Waals surface area contributed by atoms with E-state index < -0.39 is 0 Å². The Kier molecular flexibility index (Phi) is 6.13. The lowest BCUT2D eigenvalue weighted by molar-refractivity contribution is 0.0955. The van der Waals surface area contributed by atoms with Crippen molar-refractivity contribution in [1.82, 2.24) is 5.43 Å². The maximum absolute atomic E-state index is 12.2. The molecule has 0 aliphatic rings. The first-order valence-corrected chi connectivity index (χ1v) is 8.30. The maximum atomic E-state index is 12.2. The van der Waals surface area contributed by atoms with Crippen molar-refractivity contribution in [2.75, 3.05) is 18.0 Å². The molecule has 1 N–H and O–H groups in total. The average molecular weight is 323 g/mol. The molecule has 126 valence electrons. The molecule has 0 bridgehead atoms. The normalized spacial score (nSPS) is 10.8. The van der Waals surface area contributed by atoms with Gasteiger partial charge in [0.05, 0.1) is 6.21 Å². The van der Waals surface area contributed by atoms with Gasteiger partial charge in [-0.15, -0.1) is 0 Å². The molecule has 0 spiro atoms. The smallest absolute Gasteiger partial charge is 0.271 e. The highest BCUT2D eigenvalue weighted by Gasteiger charge is 2.06. The van der Waals surface area contributed by atoms with Crippen LogP contribution in [0.3, 0.4) is 0 Å². The molecule has 0 aliphatic carbocycles. The number of nitrogens with one attached hydrogen (secondary N) is 1. The monoisotopic (exact) mass is 323 g/mol. The third-order valence-electron chi connectivity index (χ3n) is 4.05. The molecule has 2 rings (SSSR count). The zero-order valence-electron chi connectivity index (χ0n) is 14.8. The number of carbonyl (C=O) groups excluding carboxylic acids is 1. The Hall–Kier alpha value is -2.62. The van der Waals surface area contributed by atoms with E-state index in [0.717, 1.165) is 29.9 Å². The Morgan fingerprint density at radius 3 is 2.33 bits per heavy atom. The molecular weight excluding hydrogens is 298 g/mol. The van der Waals surface area contributed by atoms with Crippen LogP contribution in [0.15, 0.2) is 47.6 Å². The number of amides is 1. The molecule has 2 aromatic rings. The summed E-state index contributed by atoms with van der Waals surface area (Å²) in [7, 11) is 0. The van der Waals surface area contributed by atoms with Crippen LogP contribution in [-0.2, 0) is 0 Å². The summed E-state index contributed by atoms with van der Waals surface area (Å²) in [5.41, 5.74) is 7.65. The first-order chi connectivity index (χ1) is 11.5. The molecule has 4 heteroatoms. The van der Waals surface area contributed by atoms with E-state index in [1.807, 2.05) is 43.3 Å². The van der Waals surface area contributed by atoms with Gasteiger partial charge in [0, 0.05) is 24.3 Å². The molecule has 0 heterocycles. The summed E-state index contributed by atoms with van der Waals surface area (Å²) in [6, 6.07) is 13.7. The summed E-state index contributed by atoms with van der Waals surface area (Å²) in [5, 5.41) is 4.06. The molecular formula is C20H25N3O. The van der Waals surface area contributed by atoms with Crippen LogP contribution >= 0.6 is 0 Å². The molecule has 4 nitrogen and oxygen atoms in total. The zero-order valence-corrected chi connectivity index (χ0v) is 14.8. The van der Waals surface area contributed by atoms with Gasteiger partial charge in [0.2, 0.25) is 0 Å². The van der Waals surface area contributed by atoms with Crippen LogP contribution in [0.4, 0.5) is 5.69 Å². The summed E-state index contributed by atoms with van der Waals surface area (Å²) < 4.78 is 0. The van der Waals surface area contributed by atoms with Gasteiger partial charge in [-0.05, 0) is 63.1 Å². The van der Waals surface area contributed by atoms with Crippen LogP contribution in [-0.4, -0.2) is 25.2 Å². The molecule has 0 saturated carbocycles. The van der Waals surface area contributed by atoms with E-state index in [4.69, 9.17) is 0 Å². The fourth-order valence-corrected chi connectivity index (χ4v) is 2.61. The highest BCUT2D eigenvalue weighted by molar-refractivity contribution is 5.95. The van der Waals surface area contributed by atoms with Gasteiger partial charge in [0.15, 0.2) is 0 Å². The first-order valence-electron chi connectivity index (χ1n) is 8.30. The van der Waals surface area contributed by atoms with Crippen molar-refractivity contribution < 1.29 is 4.79 Å². The van der Waals surface area contributed by atoms with E-state index in [1.54, 1.807) is 6.21 Å². The van der Waals surface area contributed by atoms with Gasteiger partial charge in [-0.2, -0.15) is 5.10 Å². The predicted octanol–water partition coefficient (Wildman–Crippen LogP) is 3.91. The molecule has 0 fully saturated rings. The van der Waals surface area contributed by atoms with Crippen molar-refractivity contribution in [3.63, 3.8) is 0 Å². The lowest BCUT2D eigenvalue weighted by Crippen LogP contribution is -2.22. The van der Waals surface area contributed by atoms with E-state index in [9.17, 15) is 4.79 Å². The zero-order chi connectivity index (χ0) is 17.5. The number of hydrogen-bond donors (Lipinski definition) is 1. The quantitative estimate of drug-likeness (QED) is 0.647. The van der Waals surface area contributed by atoms with Crippen LogP contribution in [0, 0.1) is 13.8 Å². The van der Waals surface area contributed by atoms with Crippen molar-refractivity contribution >= 4 is 17.8 Å². The lowest BCUT2D eigenvalue weighted by atomic mass is 10.1. The molecule has 0 unspecified atom stereocenters. The molecule has 0 aromatic heterocycles. The molecule has 0 radical (unpaired) electrons. The Balaban J connectivity index is 2.00. The predicted molar refractivity (Wildman–Crippen MR) is 101 cm³/mol. The molecule has 0 atom stereocenters.